The maximum absolute atomic E-state index is 14.8. The zero-order chi connectivity index (χ0) is 21.0. The quantitative estimate of drug-likeness (QED) is 0.679. The molecule has 0 spiro atoms. The number of anilines is 1. The average molecular weight is 440 g/mol. The Kier molecular flexibility index (Phi) is 4.91. The van der Waals surface area contributed by atoms with E-state index in [1.807, 2.05) is 4.72 Å². The number of carbonyl (C=O) groups is 1. The normalized spacial score (nSPS) is 15.9. The number of amides is 2. The van der Waals surface area contributed by atoms with Crippen LogP contribution in [0.3, 0.4) is 0 Å². The number of aromatic nitrogens is 1. The Morgan fingerprint density at radius 3 is 2.24 bits per heavy atom. The predicted octanol–water partition coefficient (Wildman–Crippen LogP) is 3.00. The van der Waals surface area contributed by atoms with Gasteiger partial charge in [-0.3, -0.25) is 0 Å². The van der Waals surface area contributed by atoms with Crippen LogP contribution in [0.25, 0.3) is 0 Å². The largest absolute Gasteiger partial charge is 0.384 e. The number of urea groups is 1. The van der Waals surface area contributed by atoms with Gasteiger partial charge in [-0.25, -0.2) is 27.3 Å². The number of sulfonamides is 1. The van der Waals surface area contributed by atoms with Crippen molar-refractivity contribution in [3.8, 4) is 0 Å². The molecule has 2 aliphatic carbocycles. The molecule has 2 aromatic rings. The van der Waals surface area contributed by atoms with Crippen LogP contribution >= 0.6 is 11.3 Å². The number of hydrogen-bond acceptors (Lipinski definition) is 6. The number of rotatable bonds is 4. The molecule has 2 aliphatic rings. The fourth-order valence-corrected chi connectivity index (χ4v) is 6.55. The summed E-state index contributed by atoms with van der Waals surface area (Å²) in [4.78, 5) is 16.5. The summed E-state index contributed by atoms with van der Waals surface area (Å²) in [6, 6.07) is -0.907. The van der Waals surface area contributed by atoms with E-state index in [1.165, 1.54) is 19.4 Å². The first-order valence-corrected chi connectivity index (χ1v) is 11.8. The van der Waals surface area contributed by atoms with Gasteiger partial charge in [0, 0.05) is 5.69 Å². The Labute approximate surface area is 172 Å². The van der Waals surface area contributed by atoms with Gasteiger partial charge in [-0.15, -0.1) is 11.3 Å². The summed E-state index contributed by atoms with van der Waals surface area (Å²) in [5.74, 6) is -0.164. The number of nitrogens with one attached hydrogen (secondary N) is 2. The van der Waals surface area contributed by atoms with Gasteiger partial charge in [0.1, 0.15) is 17.1 Å². The van der Waals surface area contributed by atoms with E-state index in [-0.39, 0.29) is 15.7 Å². The van der Waals surface area contributed by atoms with Crippen LogP contribution in [0, 0.1) is 5.82 Å². The van der Waals surface area contributed by atoms with E-state index in [2.05, 4.69) is 10.3 Å². The lowest BCUT2D eigenvalue weighted by Gasteiger charge is -2.18. The fraction of sp³-hybridized carbons (Fsp3) is 0.474. The van der Waals surface area contributed by atoms with Gasteiger partial charge < -0.3 is 10.4 Å². The van der Waals surface area contributed by atoms with Crippen LogP contribution in [0.2, 0.25) is 0 Å². The molecule has 0 bridgehead atoms. The first kappa shape index (κ1) is 20.2. The number of thiazole rings is 1. The highest BCUT2D eigenvalue weighted by molar-refractivity contribution is 7.92. The molecule has 0 fully saturated rings. The first-order chi connectivity index (χ1) is 13.6. The van der Waals surface area contributed by atoms with E-state index in [4.69, 9.17) is 0 Å². The minimum Gasteiger partial charge on any atom is -0.384 e. The number of carbonyl (C=O) groups excluding carboxylic acids is 1. The topological polar surface area (TPSA) is 108 Å². The molecular weight excluding hydrogens is 417 g/mol. The molecule has 0 saturated heterocycles. The van der Waals surface area contributed by atoms with Gasteiger partial charge in [-0.05, 0) is 74.6 Å². The number of hydrogen-bond donors (Lipinski definition) is 3. The molecule has 4 rings (SSSR count). The zero-order valence-corrected chi connectivity index (χ0v) is 17.8. The van der Waals surface area contributed by atoms with Crippen molar-refractivity contribution >= 4 is 33.1 Å². The number of nitrogens with zero attached hydrogens (tertiary/aromatic N) is 1. The summed E-state index contributed by atoms with van der Waals surface area (Å²) in [5.41, 5.74) is 3.17. The lowest BCUT2D eigenvalue weighted by molar-refractivity contribution is 0.0716. The zero-order valence-electron chi connectivity index (χ0n) is 16.1. The molecule has 0 aliphatic heterocycles. The maximum Gasteiger partial charge on any atom is 0.333 e. The van der Waals surface area contributed by atoms with Gasteiger partial charge in [-0.2, -0.15) is 0 Å². The second kappa shape index (κ2) is 7.03. The van der Waals surface area contributed by atoms with Crippen molar-refractivity contribution in [3.63, 3.8) is 0 Å². The van der Waals surface area contributed by atoms with Gasteiger partial charge >= 0.3 is 6.03 Å². The molecule has 156 valence electrons. The SMILES string of the molecule is CC(C)(O)c1ncsc1S(=O)(=O)NC(=O)Nc1c2c(c(F)c3c1CCC3)CCC2. The van der Waals surface area contributed by atoms with E-state index in [1.54, 1.807) is 0 Å². The molecule has 10 heteroatoms. The van der Waals surface area contributed by atoms with Crippen molar-refractivity contribution in [1.82, 2.24) is 9.71 Å². The standard InChI is InChI=1S/C19H22FN3O4S2/c1-19(2,25)16-17(28-9-21-16)29(26,27)23-18(24)22-15-12-7-3-5-10(12)14(20)11-6-4-8-13(11)15/h9,25H,3-8H2,1-2H3,(H2,22,23,24). The molecule has 2 amide bonds. The van der Waals surface area contributed by atoms with Gasteiger partial charge in [0.05, 0.1) is 5.51 Å². The number of aliphatic hydroxyl groups is 1. The van der Waals surface area contributed by atoms with Crippen LogP contribution < -0.4 is 10.0 Å². The molecular formula is C19H22FN3O4S2. The number of benzene rings is 1. The summed E-state index contributed by atoms with van der Waals surface area (Å²) < 4.78 is 42.0. The van der Waals surface area contributed by atoms with Crippen molar-refractivity contribution in [2.75, 3.05) is 5.32 Å². The maximum atomic E-state index is 14.8. The van der Waals surface area contributed by atoms with E-state index >= 15 is 0 Å². The minimum atomic E-state index is -4.23. The monoisotopic (exact) mass is 439 g/mol. The summed E-state index contributed by atoms with van der Waals surface area (Å²) in [7, 11) is -4.23. The van der Waals surface area contributed by atoms with Crippen LogP contribution in [0.1, 0.15) is 54.6 Å². The van der Waals surface area contributed by atoms with Crippen molar-refractivity contribution < 1.29 is 22.7 Å². The van der Waals surface area contributed by atoms with Crippen molar-refractivity contribution in [2.24, 2.45) is 0 Å². The second-order valence-electron chi connectivity index (χ2n) is 7.92. The molecule has 1 heterocycles. The van der Waals surface area contributed by atoms with Gasteiger partial charge in [0.15, 0.2) is 4.21 Å². The Hall–Kier alpha value is -2.04. The molecule has 0 saturated carbocycles. The molecule has 29 heavy (non-hydrogen) atoms. The lowest BCUT2D eigenvalue weighted by atomic mass is 9.98. The summed E-state index contributed by atoms with van der Waals surface area (Å²) >= 11 is 0.823. The third-order valence-electron chi connectivity index (χ3n) is 5.39. The molecule has 0 radical (unpaired) electrons. The first-order valence-electron chi connectivity index (χ1n) is 9.44. The highest BCUT2D eigenvalue weighted by atomic mass is 32.2. The Morgan fingerprint density at radius 1 is 1.14 bits per heavy atom. The van der Waals surface area contributed by atoms with E-state index in [9.17, 15) is 22.7 Å². The van der Waals surface area contributed by atoms with Gasteiger partial charge in [0.2, 0.25) is 0 Å². The van der Waals surface area contributed by atoms with Gasteiger partial charge in [-0.1, -0.05) is 0 Å². The highest BCUT2D eigenvalue weighted by Gasteiger charge is 2.33. The summed E-state index contributed by atoms with van der Waals surface area (Å²) in [6.07, 6.45) is 4.16. The van der Waals surface area contributed by atoms with Crippen LogP contribution in [0.15, 0.2) is 9.72 Å². The van der Waals surface area contributed by atoms with Crippen molar-refractivity contribution in [3.05, 3.63) is 39.3 Å². The third kappa shape index (κ3) is 3.53. The summed E-state index contributed by atoms with van der Waals surface area (Å²) in [5, 5.41) is 12.8. The highest BCUT2D eigenvalue weighted by Crippen LogP contribution is 2.41. The van der Waals surface area contributed by atoms with E-state index in [0.29, 0.717) is 42.5 Å². The average Bonchev–Trinajstić information content (AvgIpc) is 3.37. The summed E-state index contributed by atoms with van der Waals surface area (Å²) in [6.45, 7) is 2.85. The Balaban J connectivity index is 1.63. The van der Waals surface area contributed by atoms with Crippen molar-refractivity contribution in [1.29, 1.82) is 0 Å². The lowest BCUT2D eigenvalue weighted by Crippen LogP contribution is -2.36. The molecule has 3 N–H and O–H groups in total. The predicted molar refractivity (Wildman–Crippen MR) is 107 cm³/mol. The van der Waals surface area contributed by atoms with Crippen LogP contribution in [-0.4, -0.2) is 24.5 Å². The van der Waals surface area contributed by atoms with Crippen LogP contribution in [0.5, 0.6) is 0 Å². The minimum absolute atomic E-state index is 0.0219. The molecule has 1 aromatic heterocycles. The molecule has 7 nitrogen and oxygen atoms in total. The fourth-order valence-electron chi connectivity index (χ4n) is 4.18. The molecule has 0 unspecified atom stereocenters. The van der Waals surface area contributed by atoms with E-state index < -0.39 is 21.7 Å². The number of halogens is 1. The van der Waals surface area contributed by atoms with Gasteiger partial charge in [0.25, 0.3) is 10.0 Å². The van der Waals surface area contributed by atoms with Crippen LogP contribution in [0.4, 0.5) is 14.9 Å². The number of fused-ring (bicyclic) bond motifs is 2. The Morgan fingerprint density at radius 2 is 1.69 bits per heavy atom. The third-order valence-corrected chi connectivity index (χ3v) is 8.09. The van der Waals surface area contributed by atoms with E-state index in [0.717, 1.165) is 35.3 Å². The smallest absolute Gasteiger partial charge is 0.333 e. The van der Waals surface area contributed by atoms with Crippen LogP contribution in [-0.2, 0) is 41.3 Å². The molecule has 1 aromatic carbocycles. The van der Waals surface area contributed by atoms with Crippen molar-refractivity contribution in [2.45, 2.75) is 62.2 Å². The second-order valence-corrected chi connectivity index (χ2v) is 10.6. The Bertz CT molecular complexity index is 1070. The molecule has 0 atom stereocenters.